The summed E-state index contributed by atoms with van der Waals surface area (Å²) >= 11 is 10.9. The van der Waals surface area contributed by atoms with Gasteiger partial charge >= 0.3 is 0 Å². The summed E-state index contributed by atoms with van der Waals surface area (Å²) in [6.07, 6.45) is 1.42. The summed E-state index contributed by atoms with van der Waals surface area (Å²) in [5.74, 6) is -0.305. The van der Waals surface area contributed by atoms with Crippen LogP contribution in [0, 0.1) is 6.92 Å². The monoisotopic (exact) mass is 487 g/mol. The third kappa shape index (κ3) is 3.99. The molecular weight excluding hydrogens is 474 g/mol. The zero-order valence-corrected chi connectivity index (χ0v) is 18.4. The lowest BCUT2D eigenvalue weighted by atomic mass is 10.0. The Kier molecular flexibility index (Phi) is 5.54. The molecule has 8 heteroatoms. The molecule has 0 spiro atoms. The molecule has 0 atom stereocenters. The van der Waals surface area contributed by atoms with Crippen LogP contribution in [0.4, 0.5) is 5.69 Å². The molecule has 2 aromatic carbocycles. The van der Waals surface area contributed by atoms with Gasteiger partial charge in [0, 0.05) is 19.9 Å². The molecule has 0 unspecified atom stereocenters. The van der Waals surface area contributed by atoms with Gasteiger partial charge in [0.05, 0.1) is 17.4 Å². The molecule has 0 bridgehead atoms. The molecule has 5 nitrogen and oxygen atoms in total. The average molecular weight is 489 g/mol. The number of aromatic nitrogens is 2. The fraction of sp³-hybridized carbons (Fsp3) is 0.0952. The lowest BCUT2D eigenvalue weighted by Gasteiger charge is -2.09. The van der Waals surface area contributed by atoms with Crippen LogP contribution >= 0.6 is 38.9 Å². The number of nitrogens with zero attached hydrogens (tertiary/aromatic N) is 2. The number of carbonyl (C=O) groups is 1. The maximum Gasteiger partial charge on any atom is 0.263 e. The second kappa shape index (κ2) is 8.10. The van der Waals surface area contributed by atoms with E-state index in [0.29, 0.717) is 20.9 Å². The third-order valence-electron chi connectivity index (χ3n) is 4.45. The first-order valence-corrected chi connectivity index (χ1v) is 10.7. The van der Waals surface area contributed by atoms with Crippen LogP contribution in [0.1, 0.15) is 4.88 Å². The fourth-order valence-corrected chi connectivity index (χ4v) is 4.63. The van der Waals surface area contributed by atoms with Crippen molar-refractivity contribution in [2.45, 2.75) is 13.5 Å². The van der Waals surface area contributed by atoms with Gasteiger partial charge in [-0.05, 0) is 52.7 Å². The summed E-state index contributed by atoms with van der Waals surface area (Å²) in [7, 11) is 0. The molecule has 0 radical (unpaired) electrons. The van der Waals surface area contributed by atoms with E-state index in [-0.39, 0.29) is 18.0 Å². The lowest BCUT2D eigenvalue weighted by Crippen LogP contribution is -2.27. The van der Waals surface area contributed by atoms with Gasteiger partial charge in [-0.15, -0.1) is 11.3 Å². The molecule has 0 saturated carbocycles. The van der Waals surface area contributed by atoms with Crippen molar-refractivity contribution >= 4 is 60.7 Å². The number of aryl methyl sites for hydroxylation is 1. The van der Waals surface area contributed by atoms with Gasteiger partial charge in [0.25, 0.3) is 5.56 Å². The maximum absolute atomic E-state index is 13.2. The summed E-state index contributed by atoms with van der Waals surface area (Å²) < 4.78 is 2.10. The number of halogens is 2. The first-order chi connectivity index (χ1) is 13.9. The van der Waals surface area contributed by atoms with Crippen molar-refractivity contribution in [2.24, 2.45) is 0 Å². The molecule has 2 aromatic heterocycles. The molecule has 0 saturated heterocycles. The number of para-hydroxylation sites is 1. The molecule has 1 N–H and O–H groups in total. The zero-order valence-electron chi connectivity index (χ0n) is 15.3. The molecule has 0 fully saturated rings. The van der Waals surface area contributed by atoms with E-state index in [9.17, 15) is 9.59 Å². The highest BCUT2D eigenvalue weighted by molar-refractivity contribution is 9.10. The van der Waals surface area contributed by atoms with Crippen molar-refractivity contribution in [1.29, 1.82) is 0 Å². The van der Waals surface area contributed by atoms with Crippen molar-refractivity contribution in [1.82, 2.24) is 9.55 Å². The predicted octanol–water partition coefficient (Wildman–Crippen LogP) is 5.49. The second-order valence-corrected chi connectivity index (χ2v) is 8.92. The van der Waals surface area contributed by atoms with Gasteiger partial charge in [-0.25, -0.2) is 4.98 Å². The standard InChI is InChI=1S/C21H15BrClN3O2S/c1-12-18(13-6-8-14(23)9-7-13)19-20(29-12)24-11-26(21(19)28)10-17(27)25-16-5-3-2-4-15(16)22/h2-9,11H,10H2,1H3,(H,25,27). The van der Waals surface area contributed by atoms with Gasteiger partial charge in [0.1, 0.15) is 11.4 Å². The Morgan fingerprint density at radius 2 is 1.93 bits per heavy atom. The van der Waals surface area contributed by atoms with Crippen LogP contribution in [0.5, 0.6) is 0 Å². The third-order valence-corrected chi connectivity index (χ3v) is 6.41. The van der Waals surface area contributed by atoms with E-state index in [1.807, 2.05) is 37.3 Å². The maximum atomic E-state index is 13.2. The Morgan fingerprint density at radius 1 is 1.21 bits per heavy atom. The Hall–Kier alpha value is -2.48. The smallest absolute Gasteiger partial charge is 0.263 e. The fourth-order valence-electron chi connectivity index (χ4n) is 3.12. The van der Waals surface area contributed by atoms with E-state index in [1.54, 1.807) is 18.2 Å². The van der Waals surface area contributed by atoms with E-state index in [0.717, 1.165) is 20.5 Å². The Bertz CT molecular complexity index is 1280. The molecule has 0 aliphatic rings. The van der Waals surface area contributed by atoms with Crippen LogP contribution < -0.4 is 10.9 Å². The number of amides is 1. The molecule has 0 aliphatic heterocycles. The van der Waals surface area contributed by atoms with E-state index < -0.39 is 0 Å². The van der Waals surface area contributed by atoms with Gasteiger partial charge in [0.15, 0.2) is 0 Å². The van der Waals surface area contributed by atoms with Gasteiger partial charge < -0.3 is 5.32 Å². The van der Waals surface area contributed by atoms with Crippen LogP contribution in [0.25, 0.3) is 21.3 Å². The number of benzene rings is 2. The summed E-state index contributed by atoms with van der Waals surface area (Å²) in [4.78, 5) is 31.7. The van der Waals surface area contributed by atoms with Crippen LogP contribution in [0.3, 0.4) is 0 Å². The SMILES string of the molecule is Cc1sc2ncn(CC(=O)Nc3ccccc3Br)c(=O)c2c1-c1ccc(Cl)cc1. The minimum absolute atomic E-state index is 0.127. The van der Waals surface area contributed by atoms with Crippen LogP contribution in [0.2, 0.25) is 5.02 Å². The van der Waals surface area contributed by atoms with Crippen LogP contribution in [-0.4, -0.2) is 15.5 Å². The van der Waals surface area contributed by atoms with Crippen molar-refractivity contribution in [3.63, 3.8) is 0 Å². The minimum atomic E-state index is -0.305. The highest BCUT2D eigenvalue weighted by Crippen LogP contribution is 2.35. The van der Waals surface area contributed by atoms with Crippen molar-refractivity contribution in [3.8, 4) is 11.1 Å². The highest BCUT2D eigenvalue weighted by atomic mass is 79.9. The Labute approximate surface area is 184 Å². The Morgan fingerprint density at radius 3 is 2.66 bits per heavy atom. The quantitative estimate of drug-likeness (QED) is 0.413. The van der Waals surface area contributed by atoms with E-state index >= 15 is 0 Å². The van der Waals surface area contributed by atoms with Gasteiger partial charge in [-0.1, -0.05) is 35.9 Å². The average Bonchev–Trinajstić information content (AvgIpc) is 3.03. The Balaban J connectivity index is 1.71. The lowest BCUT2D eigenvalue weighted by molar-refractivity contribution is -0.116. The number of rotatable bonds is 4. The van der Waals surface area contributed by atoms with E-state index in [4.69, 9.17) is 11.6 Å². The normalized spacial score (nSPS) is 11.0. The predicted molar refractivity (Wildman–Crippen MR) is 122 cm³/mol. The summed E-state index contributed by atoms with van der Waals surface area (Å²) in [5.41, 5.74) is 2.13. The minimum Gasteiger partial charge on any atom is -0.324 e. The number of anilines is 1. The summed E-state index contributed by atoms with van der Waals surface area (Å²) in [6, 6.07) is 14.7. The molecule has 0 aliphatic carbocycles. The number of fused-ring (bicyclic) bond motifs is 1. The van der Waals surface area contributed by atoms with Crippen molar-refractivity contribution < 1.29 is 4.79 Å². The van der Waals surface area contributed by atoms with Crippen LogP contribution in [0.15, 0.2) is 64.1 Å². The molecule has 146 valence electrons. The highest BCUT2D eigenvalue weighted by Gasteiger charge is 2.18. The van der Waals surface area contributed by atoms with E-state index in [1.165, 1.54) is 22.2 Å². The first-order valence-electron chi connectivity index (χ1n) is 8.73. The number of thiophene rings is 1. The van der Waals surface area contributed by atoms with Gasteiger partial charge in [-0.3, -0.25) is 14.2 Å². The first kappa shape index (κ1) is 19.8. The molecule has 2 heterocycles. The number of carbonyl (C=O) groups excluding carboxylic acids is 1. The zero-order chi connectivity index (χ0) is 20.5. The second-order valence-electron chi connectivity index (χ2n) is 6.43. The molecule has 4 rings (SSSR count). The summed E-state index contributed by atoms with van der Waals surface area (Å²) in [6.45, 7) is 1.83. The summed E-state index contributed by atoms with van der Waals surface area (Å²) in [5, 5.41) is 3.96. The van der Waals surface area contributed by atoms with Gasteiger partial charge in [0.2, 0.25) is 5.91 Å². The van der Waals surface area contributed by atoms with E-state index in [2.05, 4.69) is 26.2 Å². The number of hydrogen-bond acceptors (Lipinski definition) is 4. The molecule has 4 aromatic rings. The molecule has 29 heavy (non-hydrogen) atoms. The number of nitrogens with one attached hydrogen (secondary N) is 1. The topological polar surface area (TPSA) is 64.0 Å². The molecular formula is C21H15BrClN3O2S. The van der Waals surface area contributed by atoms with Crippen molar-refractivity contribution in [3.05, 3.63) is 79.6 Å². The largest absolute Gasteiger partial charge is 0.324 e. The van der Waals surface area contributed by atoms with Crippen LogP contribution in [-0.2, 0) is 11.3 Å². The number of hydrogen-bond donors (Lipinski definition) is 1. The van der Waals surface area contributed by atoms with Crippen molar-refractivity contribution in [2.75, 3.05) is 5.32 Å². The molecule has 1 amide bonds. The van der Waals surface area contributed by atoms with Gasteiger partial charge in [-0.2, -0.15) is 0 Å².